The third kappa shape index (κ3) is 4.64. The second kappa shape index (κ2) is 8.78. The van der Waals surface area contributed by atoms with Crippen molar-refractivity contribution in [3.8, 4) is 11.4 Å². The minimum absolute atomic E-state index is 0.0870. The summed E-state index contributed by atoms with van der Waals surface area (Å²) in [6, 6.07) is 13.0. The lowest BCUT2D eigenvalue weighted by Crippen LogP contribution is -2.15. The van der Waals surface area contributed by atoms with Gasteiger partial charge in [0, 0.05) is 17.8 Å². The van der Waals surface area contributed by atoms with Gasteiger partial charge in [-0.3, -0.25) is 4.79 Å². The zero-order valence-electron chi connectivity index (χ0n) is 14.9. The Kier molecular flexibility index (Phi) is 6.42. The summed E-state index contributed by atoms with van der Waals surface area (Å²) in [5.74, 6) is 0.849. The zero-order valence-corrected chi connectivity index (χ0v) is 17.2. The molecule has 3 rings (SSSR count). The van der Waals surface area contributed by atoms with Crippen LogP contribution in [-0.4, -0.2) is 26.4 Å². The monoisotopic (exact) mass is 420 g/mol. The Hall–Kier alpha value is -2.02. The van der Waals surface area contributed by atoms with Crippen LogP contribution in [0.2, 0.25) is 10.0 Å². The minimum atomic E-state index is -0.0870. The van der Waals surface area contributed by atoms with E-state index in [1.807, 2.05) is 48.7 Å². The van der Waals surface area contributed by atoms with E-state index in [4.69, 9.17) is 23.2 Å². The van der Waals surface area contributed by atoms with Crippen LogP contribution < -0.4 is 5.32 Å². The van der Waals surface area contributed by atoms with Crippen LogP contribution in [0.5, 0.6) is 0 Å². The maximum Gasteiger partial charge on any atom is 0.234 e. The third-order valence-corrected chi connectivity index (χ3v) is 5.67. The Bertz CT molecular complexity index is 974. The first kappa shape index (κ1) is 19.7. The fraction of sp³-hybridized carbons (Fsp3) is 0.211. The van der Waals surface area contributed by atoms with E-state index in [-0.39, 0.29) is 11.7 Å². The summed E-state index contributed by atoms with van der Waals surface area (Å²) < 4.78 is 1.95. The molecule has 0 unspecified atom stereocenters. The average Bonchev–Trinajstić information content (AvgIpc) is 3.07. The van der Waals surface area contributed by atoms with Gasteiger partial charge in [0.2, 0.25) is 5.91 Å². The summed E-state index contributed by atoms with van der Waals surface area (Å²) in [5, 5.41) is 13.1. The number of nitrogens with zero attached hydrogens (tertiary/aromatic N) is 3. The van der Waals surface area contributed by atoms with E-state index >= 15 is 0 Å². The van der Waals surface area contributed by atoms with E-state index < -0.39 is 0 Å². The van der Waals surface area contributed by atoms with Gasteiger partial charge in [-0.05, 0) is 43.7 Å². The Labute approximate surface area is 172 Å². The molecule has 0 spiro atoms. The lowest BCUT2D eigenvalue weighted by atomic mass is 10.2. The number of amides is 1. The largest absolute Gasteiger partial charge is 0.325 e. The van der Waals surface area contributed by atoms with Gasteiger partial charge in [-0.2, -0.15) is 0 Å². The van der Waals surface area contributed by atoms with Crippen molar-refractivity contribution in [1.29, 1.82) is 0 Å². The number of halogens is 2. The number of rotatable bonds is 6. The number of hydrogen-bond acceptors (Lipinski definition) is 4. The van der Waals surface area contributed by atoms with E-state index in [9.17, 15) is 4.79 Å². The van der Waals surface area contributed by atoms with Crippen molar-refractivity contribution < 1.29 is 4.79 Å². The first-order chi connectivity index (χ1) is 13.0. The molecule has 0 radical (unpaired) electrons. The summed E-state index contributed by atoms with van der Waals surface area (Å²) in [5.41, 5.74) is 2.67. The van der Waals surface area contributed by atoms with E-state index in [0.717, 1.165) is 16.8 Å². The molecule has 0 atom stereocenters. The van der Waals surface area contributed by atoms with Crippen molar-refractivity contribution in [1.82, 2.24) is 14.8 Å². The van der Waals surface area contributed by atoms with Crippen molar-refractivity contribution in [3.63, 3.8) is 0 Å². The topological polar surface area (TPSA) is 59.8 Å². The highest BCUT2D eigenvalue weighted by Crippen LogP contribution is 2.29. The fourth-order valence-electron chi connectivity index (χ4n) is 2.56. The SMILES string of the molecule is CCn1c(SCC(=O)Nc2ccccc2C)nnc1-c1ccc(Cl)c(Cl)c1. The van der Waals surface area contributed by atoms with Gasteiger partial charge in [-0.1, -0.05) is 53.2 Å². The van der Waals surface area contributed by atoms with Gasteiger partial charge in [0.25, 0.3) is 0 Å². The number of nitrogens with one attached hydrogen (secondary N) is 1. The molecule has 3 aromatic rings. The van der Waals surface area contributed by atoms with Gasteiger partial charge in [-0.25, -0.2) is 0 Å². The van der Waals surface area contributed by atoms with Crippen LogP contribution in [0.25, 0.3) is 11.4 Å². The Morgan fingerprint density at radius 3 is 2.63 bits per heavy atom. The highest BCUT2D eigenvalue weighted by Gasteiger charge is 2.15. The molecule has 2 aromatic carbocycles. The molecule has 5 nitrogen and oxygen atoms in total. The molecule has 1 N–H and O–H groups in total. The molecular weight excluding hydrogens is 403 g/mol. The van der Waals surface area contributed by atoms with Crippen LogP contribution in [0, 0.1) is 6.92 Å². The van der Waals surface area contributed by atoms with Gasteiger partial charge in [0.15, 0.2) is 11.0 Å². The summed E-state index contributed by atoms with van der Waals surface area (Å²) in [7, 11) is 0. The van der Waals surface area contributed by atoms with Gasteiger partial charge in [-0.15, -0.1) is 10.2 Å². The summed E-state index contributed by atoms with van der Waals surface area (Å²) >= 11 is 13.4. The highest BCUT2D eigenvalue weighted by molar-refractivity contribution is 7.99. The predicted molar refractivity (Wildman–Crippen MR) is 112 cm³/mol. The molecule has 0 fully saturated rings. The number of hydrogen-bond donors (Lipinski definition) is 1. The van der Waals surface area contributed by atoms with Gasteiger partial charge in [0.1, 0.15) is 0 Å². The molecule has 0 aliphatic heterocycles. The summed E-state index contributed by atoms with van der Waals surface area (Å²) in [6.45, 7) is 4.63. The van der Waals surface area contributed by atoms with Crippen LogP contribution in [0.4, 0.5) is 5.69 Å². The zero-order chi connectivity index (χ0) is 19.4. The minimum Gasteiger partial charge on any atom is -0.325 e. The molecular formula is C19H18Cl2N4OS. The molecule has 27 heavy (non-hydrogen) atoms. The van der Waals surface area contributed by atoms with Gasteiger partial charge in [0.05, 0.1) is 15.8 Å². The maximum absolute atomic E-state index is 12.3. The number of aromatic nitrogens is 3. The van der Waals surface area contributed by atoms with Crippen molar-refractivity contribution >= 4 is 46.6 Å². The summed E-state index contributed by atoms with van der Waals surface area (Å²) in [4.78, 5) is 12.3. The molecule has 140 valence electrons. The quantitative estimate of drug-likeness (QED) is 0.548. The molecule has 0 aliphatic rings. The van der Waals surface area contributed by atoms with Crippen molar-refractivity contribution in [2.24, 2.45) is 0 Å². The first-order valence-corrected chi connectivity index (χ1v) is 10.1. The predicted octanol–water partition coefficient (Wildman–Crippen LogP) is 5.31. The van der Waals surface area contributed by atoms with Crippen LogP contribution in [0.3, 0.4) is 0 Å². The molecule has 8 heteroatoms. The number of benzene rings is 2. The van der Waals surface area contributed by atoms with E-state index in [0.29, 0.717) is 27.6 Å². The number of anilines is 1. The Morgan fingerprint density at radius 1 is 1.15 bits per heavy atom. The summed E-state index contributed by atoms with van der Waals surface area (Å²) in [6.07, 6.45) is 0. The smallest absolute Gasteiger partial charge is 0.234 e. The average molecular weight is 421 g/mol. The molecule has 0 saturated heterocycles. The third-order valence-electron chi connectivity index (χ3n) is 3.96. The lowest BCUT2D eigenvalue weighted by molar-refractivity contribution is -0.113. The maximum atomic E-state index is 12.3. The van der Waals surface area contributed by atoms with Crippen molar-refractivity contribution in [2.75, 3.05) is 11.1 Å². The molecule has 0 bridgehead atoms. The standard InChI is InChI=1S/C19H18Cl2N4OS/c1-3-25-18(13-8-9-14(20)15(21)10-13)23-24-19(25)27-11-17(26)22-16-7-5-4-6-12(16)2/h4-10H,3,11H2,1-2H3,(H,22,26). The second-order valence-electron chi connectivity index (χ2n) is 5.83. The molecule has 0 saturated carbocycles. The van der Waals surface area contributed by atoms with Crippen LogP contribution >= 0.6 is 35.0 Å². The van der Waals surface area contributed by atoms with Crippen LogP contribution in [0.15, 0.2) is 47.6 Å². The number of para-hydroxylation sites is 1. The molecule has 1 aromatic heterocycles. The fourth-order valence-corrected chi connectivity index (χ4v) is 3.66. The molecule has 0 aliphatic carbocycles. The molecule has 1 heterocycles. The number of thioether (sulfide) groups is 1. The second-order valence-corrected chi connectivity index (χ2v) is 7.59. The van der Waals surface area contributed by atoms with Crippen molar-refractivity contribution in [3.05, 3.63) is 58.1 Å². The van der Waals surface area contributed by atoms with Gasteiger partial charge >= 0.3 is 0 Å². The number of carbonyl (C=O) groups is 1. The van der Waals surface area contributed by atoms with E-state index in [1.165, 1.54) is 11.8 Å². The van der Waals surface area contributed by atoms with Gasteiger partial charge < -0.3 is 9.88 Å². The first-order valence-electron chi connectivity index (χ1n) is 8.36. The lowest BCUT2D eigenvalue weighted by Gasteiger charge is -2.09. The van der Waals surface area contributed by atoms with Crippen molar-refractivity contribution in [2.45, 2.75) is 25.5 Å². The normalized spacial score (nSPS) is 10.8. The number of aryl methyl sites for hydroxylation is 1. The number of carbonyl (C=O) groups excluding carboxylic acids is 1. The Morgan fingerprint density at radius 2 is 1.93 bits per heavy atom. The van der Waals surface area contributed by atoms with Crippen LogP contribution in [0.1, 0.15) is 12.5 Å². The van der Waals surface area contributed by atoms with E-state index in [2.05, 4.69) is 15.5 Å². The molecule has 1 amide bonds. The van der Waals surface area contributed by atoms with E-state index in [1.54, 1.807) is 12.1 Å². The van der Waals surface area contributed by atoms with Crippen LogP contribution in [-0.2, 0) is 11.3 Å². The highest BCUT2D eigenvalue weighted by atomic mass is 35.5. The Balaban J connectivity index is 1.72.